The van der Waals surface area contributed by atoms with E-state index in [4.69, 9.17) is 0 Å². The lowest BCUT2D eigenvalue weighted by Gasteiger charge is -2.20. The molecule has 3 rings (SSSR count). The van der Waals surface area contributed by atoms with Crippen LogP contribution >= 0.6 is 0 Å². The van der Waals surface area contributed by atoms with E-state index in [-0.39, 0.29) is 5.91 Å². The van der Waals surface area contributed by atoms with Crippen molar-refractivity contribution < 1.29 is 4.79 Å². The van der Waals surface area contributed by atoms with Crippen molar-refractivity contribution in [3.63, 3.8) is 0 Å². The number of H-pyrrole nitrogens is 1. The van der Waals surface area contributed by atoms with E-state index in [0.29, 0.717) is 12.5 Å². The van der Waals surface area contributed by atoms with Crippen molar-refractivity contribution in [2.45, 2.75) is 18.9 Å². The molecule has 0 saturated carbocycles. The Morgan fingerprint density at radius 3 is 2.95 bits per heavy atom. The number of fused-ring (bicyclic) bond motifs is 1. The van der Waals surface area contributed by atoms with E-state index in [1.54, 1.807) is 0 Å². The van der Waals surface area contributed by atoms with Gasteiger partial charge in [-0.25, -0.2) is 0 Å². The van der Waals surface area contributed by atoms with Crippen LogP contribution in [0.15, 0.2) is 30.5 Å². The van der Waals surface area contributed by atoms with Gasteiger partial charge in [0.25, 0.3) is 0 Å². The number of hydrogen-bond donors (Lipinski definition) is 1. The van der Waals surface area contributed by atoms with E-state index in [2.05, 4.69) is 30.0 Å². The summed E-state index contributed by atoms with van der Waals surface area (Å²) in [6, 6.07) is 8.64. The number of nitrogens with zero attached hydrogens (tertiary/aromatic N) is 2. The molecule has 20 heavy (non-hydrogen) atoms. The number of para-hydroxylation sites is 1. The van der Waals surface area contributed by atoms with Gasteiger partial charge in [0.05, 0.1) is 6.42 Å². The van der Waals surface area contributed by atoms with Gasteiger partial charge in [-0.05, 0) is 32.1 Å². The molecular formula is C16H21N3O. The van der Waals surface area contributed by atoms with Crippen molar-refractivity contribution in [3.8, 4) is 0 Å². The molecule has 0 bridgehead atoms. The van der Waals surface area contributed by atoms with E-state index >= 15 is 0 Å². The van der Waals surface area contributed by atoms with E-state index in [9.17, 15) is 4.79 Å². The van der Waals surface area contributed by atoms with Gasteiger partial charge in [0, 0.05) is 36.2 Å². The van der Waals surface area contributed by atoms with Crippen molar-refractivity contribution in [2.24, 2.45) is 0 Å². The molecule has 4 heteroatoms. The second kappa shape index (κ2) is 5.29. The molecule has 1 N–H and O–H groups in total. The predicted molar refractivity (Wildman–Crippen MR) is 80.7 cm³/mol. The zero-order chi connectivity index (χ0) is 14.1. The molecule has 2 heterocycles. The molecule has 1 aromatic heterocycles. The molecule has 1 fully saturated rings. The monoisotopic (exact) mass is 271 g/mol. The van der Waals surface area contributed by atoms with Crippen LogP contribution in [0.3, 0.4) is 0 Å². The lowest BCUT2D eigenvalue weighted by molar-refractivity contribution is -0.129. The third kappa shape index (κ3) is 2.43. The summed E-state index contributed by atoms with van der Waals surface area (Å²) in [6.45, 7) is 1.73. The topological polar surface area (TPSA) is 39.3 Å². The highest BCUT2D eigenvalue weighted by Crippen LogP contribution is 2.20. The lowest BCUT2D eigenvalue weighted by atomic mass is 10.1. The molecule has 1 atom stereocenters. The minimum absolute atomic E-state index is 0.235. The Hall–Kier alpha value is -1.81. The SMILES string of the molecule is CN(C)C1CCN(C(=O)Cc2c[nH]c3ccccc23)C1. The standard InChI is InChI=1S/C16H21N3O/c1-18(2)13-7-8-19(11-13)16(20)9-12-10-17-15-6-4-3-5-14(12)15/h3-6,10,13,17H,7-9,11H2,1-2H3. The summed E-state index contributed by atoms with van der Waals surface area (Å²) in [5.74, 6) is 0.235. The molecule has 1 amide bonds. The minimum atomic E-state index is 0.235. The van der Waals surface area contributed by atoms with Crippen LogP contribution in [-0.2, 0) is 11.2 Å². The molecular weight excluding hydrogens is 250 g/mol. The number of likely N-dealkylation sites (tertiary alicyclic amines) is 1. The summed E-state index contributed by atoms with van der Waals surface area (Å²) in [5.41, 5.74) is 2.20. The maximum atomic E-state index is 12.4. The van der Waals surface area contributed by atoms with Gasteiger partial charge in [0.1, 0.15) is 0 Å². The average Bonchev–Trinajstić information content (AvgIpc) is 3.06. The first kappa shape index (κ1) is 13.2. The van der Waals surface area contributed by atoms with Crippen molar-refractivity contribution in [1.82, 2.24) is 14.8 Å². The zero-order valence-corrected chi connectivity index (χ0v) is 12.1. The second-order valence-electron chi connectivity index (χ2n) is 5.78. The number of nitrogens with one attached hydrogen (secondary N) is 1. The molecule has 0 spiro atoms. The summed E-state index contributed by atoms with van der Waals surface area (Å²) < 4.78 is 0. The maximum absolute atomic E-state index is 12.4. The summed E-state index contributed by atoms with van der Waals surface area (Å²) in [4.78, 5) is 19.9. The van der Waals surface area contributed by atoms with Crippen molar-refractivity contribution in [1.29, 1.82) is 0 Å². The summed E-state index contributed by atoms with van der Waals surface area (Å²) in [5, 5.41) is 1.16. The normalized spacial score (nSPS) is 19.1. The van der Waals surface area contributed by atoms with E-state index in [0.717, 1.165) is 36.0 Å². The number of hydrogen-bond acceptors (Lipinski definition) is 2. The van der Waals surface area contributed by atoms with Crippen LogP contribution in [0.2, 0.25) is 0 Å². The first-order chi connectivity index (χ1) is 9.65. The summed E-state index contributed by atoms with van der Waals surface area (Å²) in [6.07, 6.45) is 3.53. The average molecular weight is 271 g/mol. The maximum Gasteiger partial charge on any atom is 0.227 e. The third-order valence-corrected chi connectivity index (χ3v) is 4.26. The van der Waals surface area contributed by atoms with Crippen LogP contribution in [0.4, 0.5) is 0 Å². The highest BCUT2D eigenvalue weighted by Gasteiger charge is 2.27. The molecule has 0 aliphatic carbocycles. The number of benzene rings is 1. The Bertz CT molecular complexity index is 617. The van der Waals surface area contributed by atoms with Crippen LogP contribution in [0.25, 0.3) is 10.9 Å². The molecule has 4 nitrogen and oxygen atoms in total. The molecule has 1 aromatic carbocycles. The highest BCUT2D eigenvalue weighted by atomic mass is 16.2. The van der Waals surface area contributed by atoms with Gasteiger partial charge in [-0.1, -0.05) is 18.2 Å². The fraction of sp³-hybridized carbons (Fsp3) is 0.438. The van der Waals surface area contributed by atoms with Gasteiger partial charge < -0.3 is 14.8 Å². The number of carbonyl (C=O) groups is 1. The van der Waals surface area contributed by atoms with Crippen LogP contribution in [0.1, 0.15) is 12.0 Å². The van der Waals surface area contributed by atoms with Crippen molar-refractivity contribution in [2.75, 3.05) is 27.2 Å². The van der Waals surface area contributed by atoms with Gasteiger partial charge in [-0.15, -0.1) is 0 Å². The fourth-order valence-corrected chi connectivity index (χ4v) is 2.94. The molecule has 0 radical (unpaired) electrons. The van der Waals surface area contributed by atoms with Crippen molar-refractivity contribution >= 4 is 16.8 Å². The smallest absolute Gasteiger partial charge is 0.227 e. The summed E-state index contributed by atoms with van der Waals surface area (Å²) >= 11 is 0. The van der Waals surface area contributed by atoms with Gasteiger partial charge in [0.15, 0.2) is 0 Å². The largest absolute Gasteiger partial charge is 0.361 e. The predicted octanol–water partition coefficient (Wildman–Crippen LogP) is 1.87. The number of aromatic amines is 1. The van der Waals surface area contributed by atoms with Gasteiger partial charge in [0.2, 0.25) is 5.91 Å². The molecule has 1 aliphatic heterocycles. The quantitative estimate of drug-likeness (QED) is 0.925. The first-order valence-electron chi connectivity index (χ1n) is 7.14. The second-order valence-corrected chi connectivity index (χ2v) is 5.78. The zero-order valence-electron chi connectivity index (χ0n) is 12.1. The van der Waals surface area contributed by atoms with Crippen LogP contribution in [0, 0.1) is 0 Å². The van der Waals surface area contributed by atoms with Crippen LogP contribution in [-0.4, -0.2) is 53.9 Å². The molecule has 2 aromatic rings. The van der Waals surface area contributed by atoms with E-state index in [1.165, 1.54) is 0 Å². The molecule has 1 saturated heterocycles. The number of rotatable bonds is 3. The van der Waals surface area contributed by atoms with Gasteiger partial charge in [-0.3, -0.25) is 4.79 Å². The highest BCUT2D eigenvalue weighted by molar-refractivity contribution is 5.89. The Balaban J connectivity index is 1.70. The lowest BCUT2D eigenvalue weighted by Crippen LogP contribution is -2.35. The molecule has 1 unspecified atom stereocenters. The molecule has 106 valence electrons. The molecule has 1 aliphatic rings. The number of amides is 1. The Kier molecular flexibility index (Phi) is 3.49. The van der Waals surface area contributed by atoms with Gasteiger partial charge in [-0.2, -0.15) is 0 Å². The van der Waals surface area contributed by atoms with Crippen LogP contribution in [0.5, 0.6) is 0 Å². The van der Waals surface area contributed by atoms with E-state index in [1.807, 2.05) is 29.3 Å². The van der Waals surface area contributed by atoms with Crippen molar-refractivity contribution in [3.05, 3.63) is 36.0 Å². The Labute approximate surface area is 119 Å². The number of aromatic nitrogens is 1. The third-order valence-electron chi connectivity index (χ3n) is 4.26. The van der Waals surface area contributed by atoms with E-state index < -0.39 is 0 Å². The Morgan fingerprint density at radius 2 is 2.20 bits per heavy atom. The van der Waals surface area contributed by atoms with Crippen LogP contribution < -0.4 is 0 Å². The number of likely N-dealkylation sites (N-methyl/N-ethyl adjacent to an activating group) is 1. The Morgan fingerprint density at radius 1 is 1.40 bits per heavy atom. The number of carbonyl (C=O) groups excluding carboxylic acids is 1. The first-order valence-corrected chi connectivity index (χ1v) is 7.14. The fourth-order valence-electron chi connectivity index (χ4n) is 2.94. The minimum Gasteiger partial charge on any atom is -0.361 e. The van der Waals surface area contributed by atoms with Gasteiger partial charge >= 0.3 is 0 Å². The summed E-state index contributed by atoms with van der Waals surface area (Å²) in [7, 11) is 4.16.